The fourth-order valence-electron chi connectivity index (χ4n) is 3.67. The highest BCUT2D eigenvalue weighted by Gasteiger charge is 2.26. The molecule has 1 saturated heterocycles. The summed E-state index contributed by atoms with van der Waals surface area (Å²) in [6.07, 6.45) is 1.08. The molecular weight excluding hydrogens is 340 g/mol. The van der Waals surface area contributed by atoms with Crippen LogP contribution in [-0.4, -0.2) is 58.1 Å². The third kappa shape index (κ3) is 3.67. The molecule has 0 spiro atoms. The lowest BCUT2D eigenvalue weighted by Gasteiger charge is -2.23. The minimum atomic E-state index is -0.0199. The Balaban J connectivity index is 1.44. The van der Waals surface area contributed by atoms with E-state index < -0.39 is 0 Å². The van der Waals surface area contributed by atoms with E-state index in [9.17, 15) is 4.79 Å². The average Bonchev–Trinajstić information content (AvgIpc) is 3.40. The lowest BCUT2D eigenvalue weighted by Crippen LogP contribution is -2.33. The molecule has 0 saturated carbocycles. The molecule has 1 aromatic heterocycles. The minimum Gasteiger partial charge on any atom is -0.371 e. The quantitative estimate of drug-likeness (QED) is 0.754. The van der Waals surface area contributed by atoms with E-state index in [4.69, 9.17) is 0 Å². The summed E-state index contributed by atoms with van der Waals surface area (Å²) in [6.45, 7) is 2.72. The molecule has 138 valence electrons. The molecule has 2 heterocycles. The van der Waals surface area contributed by atoms with Gasteiger partial charge in [0.05, 0.1) is 5.56 Å². The maximum Gasteiger partial charge on any atom is 0.254 e. The number of H-pyrrole nitrogens is 1. The van der Waals surface area contributed by atoms with Gasteiger partial charge in [0.1, 0.15) is 0 Å². The standard InChI is InChI=1S/C20H22N6O/c1-25(13-15-11-12-26(14-15)16-7-3-2-4-8-16)20(27)18-10-6-5-9-17(18)19-21-23-24-22-19/h2-10,15H,11-14H2,1H3,(H,21,22,23,24). The second-order valence-electron chi connectivity index (χ2n) is 6.90. The third-order valence-electron chi connectivity index (χ3n) is 5.03. The number of nitrogens with one attached hydrogen (secondary N) is 1. The second kappa shape index (κ2) is 7.57. The Kier molecular flexibility index (Phi) is 4.82. The first kappa shape index (κ1) is 17.2. The van der Waals surface area contributed by atoms with Crippen LogP contribution in [0, 0.1) is 5.92 Å². The van der Waals surface area contributed by atoms with Crippen LogP contribution in [0.4, 0.5) is 5.69 Å². The van der Waals surface area contributed by atoms with Crippen molar-refractivity contribution in [1.29, 1.82) is 0 Å². The van der Waals surface area contributed by atoms with Crippen molar-refractivity contribution in [2.45, 2.75) is 6.42 Å². The number of aromatic nitrogens is 4. The summed E-state index contributed by atoms with van der Waals surface area (Å²) in [4.78, 5) is 17.2. The van der Waals surface area contributed by atoms with Crippen molar-refractivity contribution in [2.75, 3.05) is 31.6 Å². The van der Waals surface area contributed by atoms with Gasteiger partial charge in [0.2, 0.25) is 5.82 Å². The van der Waals surface area contributed by atoms with Gasteiger partial charge in [-0.1, -0.05) is 36.4 Å². The van der Waals surface area contributed by atoms with E-state index in [-0.39, 0.29) is 5.91 Å². The summed E-state index contributed by atoms with van der Waals surface area (Å²) in [5.74, 6) is 0.869. The van der Waals surface area contributed by atoms with Crippen molar-refractivity contribution < 1.29 is 4.79 Å². The molecule has 1 atom stereocenters. The number of tetrazole rings is 1. The highest BCUT2D eigenvalue weighted by Crippen LogP contribution is 2.25. The molecule has 7 heteroatoms. The summed E-state index contributed by atoms with van der Waals surface area (Å²) in [6, 6.07) is 17.8. The molecule has 0 aliphatic carbocycles. The molecule has 1 N–H and O–H groups in total. The average molecular weight is 362 g/mol. The number of para-hydroxylation sites is 1. The smallest absolute Gasteiger partial charge is 0.254 e. The number of rotatable bonds is 5. The van der Waals surface area contributed by atoms with Crippen LogP contribution in [-0.2, 0) is 0 Å². The van der Waals surface area contributed by atoms with Crippen molar-refractivity contribution >= 4 is 11.6 Å². The van der Waals surface area contributed by atoms with Gasteiger partial charge in [0, 0.05) is 37.9 Å². The molecule has 27 heavy (non-hydrogen) atoms. The van der Waals surface area contributed by atoms with E-state index in [2.05, 4.69) is 49.8 Å². The number of carbonyl (C=O) groups excluding carboxylic acids is 1. The molecule has 2 aromatic carbocycles. The van der Waals surface area contributed by atoms with Crippen LogP contribution in [0.3, 0.4) is 0 Å². The van der Waals surface area contributed by atoms with Crippen molar-refractivity contribution in [1.82, 2.24) is 25.5 Å². The Bertz CT molecular complexity index is 896. The predicted molar refractivity (Wildman–Crippen MR) is 103 cm³/mol. The van der Waals surface area contributed by atoms with Gasteiger partial charge in [0.15, 0.2) is 0 Å². The summed E-state index contributed by atoms with van der Waals surface area (Å²) in [5.41, 5.74) is 2.54. The number of nitrogens with zero attached hydrogens (tertiary/aromatic N) is 5. The first-order valence-electron chi connectivity index (χ1n) is 9.10. The van der Waals surface area contributed by atoms with Crippen LogP contribution in [0.25, 0.3) is 11.4 Å². The van der Waals surface area contributed by atoms with Crippen molar-refractivity contribution in [3.05, 3.63) is 60.2 Å². The van der Waals surface area contributed by atoms with E-state index in [1.165, 1.54) is 5.69 Å². The first-order chi connectivity index (χ1) is 13.2. The number of anilines is 1. The Morgan fingerprint density at radius 1 is 1.19 bits per heavy atom. The molecule has 1 aliphatic heterocycles. The van der Waals surface area contributed by atoms with Crippen molar-refractivity contribution in [3.8, 4) is 11.4 Å². The number of carbonyl (C=O) groups is 1. The lowest BCUT2D eigenvalue weighted by atomic mass is 10.0. The number of hydrogen-bond donors (Lipinski definition) is 1. The topological polar surface area (TPSA) is 78.0 Å². The lowest BCUT2D eigenvalue weighted by molar-refractivity contribution is 0.0777. The molecule has 4 rings (SSSR count). The fraction of sp³-hybridized carbons (Fsp3) is 0.300. The predicted octanol–water partition coefficient (Wildman–Crippen LogP) is 2.47. The summed E-state index contributed by atoms with van der Waals surface area (Å²) in [5, 5.41) is 14.1. The molecule has 1 aliphatic rings. The van der Waals surface area contributed by atoms with Crippen molar-refractivity contribution in [2.24, 2.45) is 5.92 Å². The second-order valence-corrected chi connectivity index (χ2v) is 6.90. The molecule has 1 unspecified atom stereocenters. The summed E-state index contributed by atoms with van der Waals surface area (Å²) >= 11 is 0. The van der Waals surface area contributed by atoms with Crippen LogP contribution in [0.15, 0.2) is 54.6 Å². The maximum atomic E-state index is 13.0. The number of aromatic amines is 1. The van der Waals surface area contributed by atoms with Gasteiger partial charge >= 0.3 is 0 Å². The maximum absolute atomic E-state index is 13.0. The zero-order valence-corrected chi connectivity index (χ0v) is 15.2. The van der Waals surface area contributed by atoms with Crippen LogP contribution < -0.4 is 4.90 Å². The van der Waals surface area contributed by atoms with E-state index in [1.54, 1.807) is 4.90 Å². The van der Waals surface area contributed by atoms with E-state index >= 15 is 0 Å². The number of hydrogen-bond acceptors (Lipinski definition) is 5. The summed E-state index contributed by atoms with van der Waals surface area (Å²) in [7, 11) is 1.86. The van der Waals surface area contributed by atoms with Gasteiger partial charge in [-0.3, -0.25) is 4.79 Å². The van der Waals surface area contributed by atoms with Crippen molar-refractivity contribution in [3.63, 3.8) is 0 Å². The monoisotopic (exact) mass is 362 g/mol. The Morgan fingerprint density at radius 2 is 1.96 bits per heavy atom. The summed E-state index contributed by atoms with van der Waals surface area (Å²) < 4.78 is 0. The SMILES string of the molecule is CN(CC1CCN(c2ccccc2)C1)C(=O)c1ccccc1-c1nn[nH]n1. The van der Waals surface area contributed by atoms with Crippen LogP contribution >= 0.6 is 0 Å². The first-order valence-corrected chi connectivity index (χ1v) is 9.10. The van der Waals surface area contributed by atoms with Crippen LogP contribution in [0.1, 0.15) is 16.8 Å². The Labute approximate surface area is 158 Å². The normalized spacial score (nSPS) is 16.5. The van der Waals surface area contributed by atoms with Gasteiger partial charge in [-0.25, -0.2) is 0 Å². The molecule has 1 fully saturated rings. The van der Waals surface area contributed by atoms with Gasteiger partial charge < -0.3 is 9.80 Å². The van der Waals surface area contributed by atoms with Crippen LogP contribution in [0.2, 0.25) is 0 Å². The van der Waals surface area contributed by atoms with Gasteiger partial charge in [0.25, 0.3) is 5.91 Å². The van der Waals surface area contributed by atoms with E-state index in [1.807, 2.05) is 37.4 Å². The molecule has 0 bridgehead atoms. The zero-order chi connectivity index (χ0) is 18.6. The molecular formula is C20H22N6O. The molecule has 1 amide bonds. The molecule has 0 radical (unpaired) electrons. The number of amides is 1. The third-order valence-corrected chi connectivity index (χ3v) is 5.03. The number of benzene rings is 2. The van der Waals surface area contributed by atoms with Gasteiger partial charge in [-0.05, 0) is 35.8 Å². The molecule has 3 aromatic rings. The Morgan fingerprint density at radius 3 is 2.74 bits per heavy atom. The van der Waals surface area contributed by atoms with E-state index in [0.717, 1.165) is 26.1 Å². The van der Waals surface area contributed by atoms with Gasteiger partial charge in [-0.2, -0.15) is 5.21 Å². The Hall–Kier alpha value is -3.22. The largest absolute Gasteiger partial charge is 0.371 e. The highest BCUT2D eigenvalue weighted by atomic mass is 16.2. The minimum absolute atomic E-state index is 0.0199. The highest BCUT2D eigenvalue weighted by molar-refractivity contribution is 5.99. The fourth-order valence-corrected chi connectivity index (χ4v) is 3.67. The zero-order valence-electron chi connectivity index (χ0n) is 15.2. The van der Waals surface area contributed by atoms with Gasteiger partial charge in [-0.15, -0.1) is 10.2 Å². The molecule has 7 nitrogen and oxygen atoms in total. The van der Waals surface area contributed by atoms with E-state index in [0.29, 0.717) is 22.9 Å². The van der Waals surface area contributed by atoms with Crippen LogP contribution in [0.5, 0.6) is 0 Å².